The first-order chi connectivity index (χ1) is 8.00. The van der Waals surface area contributed by atoms with E-state index in [1.165, 1.54) is 37.4 Å². The maximum atomic E-state index is 6.13. The van der Waals surface area contributed by atoms with Crippen LogP contribution in [0, 0.1) is 0 Å². The highest BCUT2D eigenvalue weighted by Gasteiger charge is 2.42. The van der Waals surface area contributed by atoms with Crippen molar-refractivity contribution in [1.82, 2.24) is 9.80 Å². The fourth-order valence-corrected chi connectivity index (χ4v) is 4.30. The summed E-state index contributed by atoms with van der Waals surface area (Å²) in [5.74, 6) is 2.56. The number of piperazine rings is 1. The molecule has 2 heterocycles. The Kier molecular flexibility index (Phi) is 4.08. The van der Waals surface area contributed by atoms with E-state index in [4.69, 9.17) is 5.73 Å². The van der Waals surface area contributed by atoms with Crippen LogP contribution in [0.3, 0.4) is 0 Å². The van der Waals surface area contributed by atoms with Gasteiger partial charge in [-0.25, -0.2) is 0 Å². The van der Waals surface area contributed by atoms with Crippen molar-refractivity contribution in [2.45, 2.75) is 37.8 Å². The lowest BCUT2D eigenvalue weighted by atomic mass is 9.86. The van der Waals surface area contributed by atoms with Crippen LogP contribution in [0.5, 0.6) is 0 Å². The summed E-state index contributed by atoms with van der Waals surface area (Å²) < 4.78 is 0. The Balaban J connectivity index is 2.10. The first-order valence-corrected chi connectivity index (χ1v) is 7.90. The molecule has 0 amide bonds. The average Bonchev–Trinajstić information content (AvgIpc) is 2.33. The molecule has 0 aromatic heterocycles. The molecule has 2 saturated heterocycles. The standard InChI is InChI=1S/C13H27N3S/c1-12(2)11-16(7-6-15(12)3)13(10-14)4-8-17-9-5-13/h4-11,14H2,1-3H3. The van der Waals surface area contributed by atoms with Crippen molar-refractivity contribution in [3.63, 3.8) is 0 Å². The molecule has 3 nitrogen and oxygen atoms in total. The van der Waals surface area contributed by atoms with Gasteiger partial charge in [-0.15, -0.1) is 0 Å². The normalized spacial score (nSPS) is 30.4. The molecule has 4 heteroatoms. The molecule has 2 N–H and O–H groups in total. The largest absolute Gasteiger partial charge is 0.329 e. The van der Waals surface area contributed by atoms with Gasteiger partial charge in [-0.05, 0) is 45.2 Å². The van der Waals surface area contributed by atoms with Gasteiger partial charge in [0, 0.05) is 37.3 Å². The number of likely N-dealkylation sites (N-methyl/N-ethyl adjacent to an activating group) is 1. The molecule has 0 bridgehead atoms. The van der Waals surface area contributed by atoms with Gasteiger partial charge < -0.3 is 5.73 Å². The Morgan fingerprint density at radius 1 is 1.18 bits per heavy atom. The summed E-state index contributed by atoms with van der Waals surface area (Å²) >= 11 is 2.08. The molecular formula is C13H27N3S. The van der Waals surface area contributed by atoms with Gasteiger partial charge in [0.05, 0.1) is 0 Å². The number of thioether (sulfide) groups is 1. The van der Waals surface area contributed by atoms with E-state index in [1.54, 1.807) is 0 Å². The van der Waals surface area contributed by atoms with Gasteiger partial charge in [0.15, 0.2) is 0 Å². The molecule has 0 radical (unpaired) electrons. The zero-order chi connectivity index (χ0) is 12.5. The Morgan fingerprint density at radius 3 is 2.35 bits per heavy atom. The van der Waals surface area contributed by atoms with Crippen LogP contribution in [0.15, 0.2) is 0 Å². The summed E-state index contributed by atoms with van der Waals surface area (Å²) in [6.07, 6.45) is 2.54. The maximum Gasteiger partial charge on any atom is 0.0348 e. The van der Waals surface area contributed by atoms with Gasteiger partial charge in [0.25, 0.3) is 0 Å². The number of nitrogens with two attached hydrogens (primary N) is 1. The van der Waals surface area contributed by atoms with Crippen LogP contribution in [0.1, 0.15) is 26.7 Å². The fourth-order valence-electron chi connectivity index (χ4n) is 3.05. The molecule has 0 saturated carbocycles. The van der Waals surface area contributed by atoms with E-state index in [1.807, 2.05) is 0 Å². The quantitative estimate of drug-likeness (QED) is 0.807. The van der Waals surface area contributed by atoms with Crippen LogP contribution in [-0.2, 0) is 0 Å². The van der Waals surface area contributed by atoms with E-state index >= 15 is 0 Å². The molecule has 0 aromatic carbocycles. The Bertz CT molecular complexity index is 261. The van der Waals surface area contributed by atoms with Gasteiger partial charge in [-0.3, -0.25) is 9.80 Å². The molecule has 2 rings (SSSR count). The number of nitrogens with zero attached hydrogens (tertiary/aromatic N) is 2. The molecule has 2 aliphatic heterocycles. The minimum absolute atomic E-state index is 0.283. The predicted molar refractivity (Wildman–Crippen MR) is 76.6 cm³/mol. The summed E-state index contributed by atoms with van der Waals surface area (Å²) in [5.41, 5.74) is 6.71. The molecule has 0 aliphatic carbocycles. The molecule has 0 atom stereocenters. The topological polar surface area (TPSA) is 32.5 Å². The van der Waals surface area contributed by atoms with E-state index < -0.39 is 0 Å². The fraction of sp³-hybridized carbons (Fsp3) is 1.00. The van der Waals surface area contributed by atoms with Crippen molar-refractivity contribution < 1.29 is 0 Å². The summed E-state index contributed by atoms with van der Waals surface area (Å²) in [6.45, 7) is 9.03. The lowest BCUT2D eigenvalue weighted by Gasteiger charge is -2.54. The van der Waals surface area contributed by atoms with Gasteiger partial charge in [0.2, 0.25) is 0 Å². The predicted octanol–water partition coefficient (Wildman–Crippen LogP) is 1.24. The number of rotatable bonds is 2. The number of hydrogen-bond acceptors (Lipinski definition) is 4. The summed E-state index contributed by atoms with van der Waals surface area (Å²) in [6, 6.07) is 0. The molecule has 2 aliphatic rings. The van der Waals surface area contributed by atoms with E-state index in [9.17, 15) is 0 Å². The first kappa shape index (κ1) is 13.7. The number of hydrogen-bond donors (Lipinski definition) is 1. The van der Waals surface area contributed by atoms with Crippen molar-refractivity contribution >= 4 is 11.8 Å². The third-order valence-electron chi connectivity index (χ3n) is 4.79. The third-order valence-corrected chi connectivity index (χ3v) is 5.78. The Hall–Kier alpha value is 0.230. The minimum atomic E-state index is 0.283. The van der Waals surface area contributed by atoms with E-state index in [0.29, 0.717) is 5.54 Å². The highest BCUT2D eigenvalue weighted by molar-refractivity contribution is 7.99. The van der Waals surface area contributed by atoms with E-state index in [2.05, 4.69) is 42.5 Å². The smallest absolute Gasteiger partial charge is 0.0348 e. The van der Waals surface area contributed by atoms with Crippen molar-refractivity contribution in [1.29, 1.82) is 0 Å². The summed E-state index contributed by atoms with van der Waals surface area (Å²) in [4.78, 5) is 5.16. The monoisotopic (exact) mass is 257 g/mol. The molecule has 100 valence electrons. The maximum absolute atomic E-state index is 6.13. The van der Waals surface area contributed by atoms with E-state index in [0.717, 1.165) is 13.1 Å². The molecule has 0 aromatic rings. The zero-order valence-corrected chi connectivity index (χ0v) is 12.4. The third kappa shape index (κ3) is 2.65. The van der Waals surface area contributed by atoms with Crippen molar-refractivity contribution in [3.8, 4) is 0 Å². The van der Waals surface area contributed by atoms with Crippen molar-refractivity contribution in [3.05, 3.63) is 0 Å². The SMILES string of the molecule is CN1CCN(C2(CN)CCSCC2)CC1(C)C. The first-order valence-electron chi connectivity index (χ1n) is 6.74. The van der Waals surface area contributed by atoms with Gasteiger partial charge in [-0.2, -0.15) is 11.8 Å². The molecule has 0 spiro atoms. The second-order valence-corrected chi connectivity index (χ2v) is 7.42. The molecular weight excluding hydrogens is 230 g/mol. The second kappa shape index (κ2) is 5.08. The highest BCUT2D eigenvalue weighted by atomic mass is 32.2. The molecule has 17 heavy (non-hydrogen) atoms. The summed E-state index contributed by atoms with van der Waals surface area (Å²) in [5, 5.41) is 0. The van der Waals surface area contributed by atoms with Gasteiger partial charge >= 0.3 is 0 Å². The average molecular weight is 257 g/mol. The van der Waals surface area contributed by atoms with Crippen LogP contribution in [0.25, 0.3) is 0 Å². The van der Waals surface area contributed by atoms with Gasteiger partial charge in [-0.1, -0.05) is 0 Å². The zero-order valence-electron chi connectivity index (χ0n) is 11.5. The van der Waals surface area contributed by atoms with Gasteiger partial charge in [0.1, 0.15) is 0 Å². The van der Waals surface area contributed by atoms with Crippen LogP contribution >= 0.6 is 11.8 Å². The summed E-state index contributed by atoms with van der Waals surface area (Å²) in [7, 11) is 2.24. The second-order valence-electron chi connectivity index (χ2n) is 6.20. The lowest BCUT2D eigenvalue weighted by Crippen LogP contribution is -2.66. The highest BCUT2D eigenvalue weighted by Crippen LogP contribution is 2.34. The van der Waals surface area contributed by atoms with Crippen molar-refractivity contribution in [2.75, 3.05) is 44.7 Å². The Labute approximate surface area is 110 Å². The minimum Gasteiger partial charge on any atom is -0.329 e. The van der Waals surface area contributed by atoms with Crippen LogP contribution in [0.2, 0.25) is 0 Å². The van der Waals surface area contributed by atoms with Crippen LogP contribution in [-0.4, -0.2) is 65.6 Å². The van der Waals surface area contributed by atoms with Crippen LogP contribution < -0.4 is 5.73 Å². The molecule has 2 fully saturated rings. The van der Waals surface area contributed by atoms with E-state index in [-0.39, 0.29) is 5.54 Å². The lowest BCUT2D eigenvalue weighted by molar-refractivity contribution is -0.0254. The molecule has 0 unspecified atom stereocenters. The van der Waals surface area contributed by atoms with Crippen LogP contribution in [0.4, 0.5) is 0 Å². The van der Waals surface area contributed by atoms with Crippen molar-refractivity contribution in [2.24, 2.45) is 5.73 Å². The Morgan fingerprint density at radius 2 is 1.82 bits per heavy atom.